The normalized spacial score (nSPS) is 11.5. The molecule has 4 rings (SSSR count). The molecule has 0 atom stereocenters. The first-order chi connectivity index (χ1) is 17.3. The van der Waals surface area contributed by atoms with E-state index in [0.29, 0.717) is 23.6 Å². The largest absolute Gasteiger partial charge is 0.464 e. The molecule has 0 bridgehead atoms. The summed E-state index contributed by atoms with van der Waals surface area (Å²) in [6.07, 6.45) is 0. The third-order valence-corrected chi connectivity index (χ3v) is 7.68. The van der Waals surface area contributed by atoms with Gasteiger partial charge in [-0.1, -0.05) is 80.3 Å². The van der Waals surface area contributed by atoms with Crippen molar-refractivity contribution in [1.82, 2.24) is 9.55 Å². The Labute approximate surface area is 213 Å². The van der Waals surface area contributed by atoms with Gasteiger partial charge in [-0.15, -0.1) is 0 Å². The Morgan fingerprint density at radius 2 is 1.58 bits per heavy atom. The molecule has 6 nitrogen and oxygen atoms in total. The lowest BCUT2D eigenvalue weighted by Crippen LogP contribution is -2.22. The molecule has 0 amide bonds. The van der Waals surface area contributed by atoms with Crippen LogP contribution in [0.3, 0.4) is 0 Å². The third-order valence-electron chi connectivity index (χ3n) is 5.97. The van der Waals surface area contributed by atoms with E-state index in [9.17, 15) is 4.79 Å². The van der Waals surface area contributed by atoms with Crippen LogP contribution in [0.15, 0.2) is 77.8 Å². The number of hydrogen-bond acceptors (Lipinski definition) is 5. The minimum atomic E-state index is -1.22. The smallest absolute Gasteiger partial charge is 0.354 e. The van der Waals surface area contributed by atoms with Gasteiger partial charge < -0.3 is 14.0 Å². The number of aliphatic imine (C=N–C) groups is 1. The summed E-state index contributed by atoms with van der Waals surface area (Å²) in [5, 5.41) is 0. The van der Waals surface area contributed by atoms with Crippen molar-refractivity contribution in [3.63, 3.8) is 0 Å². The van der Waals surface area contributed by atoms with E-state index < -0.39 is 14.0 Å². The van der Waals surface area contributed by atoms with Gasteiger partial charge in [-0.2, -0.15) is 0 Å². The molecule has 0 radical (unpaired) electrons. The van der Waals surface area contributed by atoms with Crippen molar-refractivity contribution < 1.29 is 14.3 Å². The Kier molecular flexibility index (Phi) is 7.81. The quantitative estimate of drug-likeness (QED) is 0.112. The number of methoxy groups -OCH3 is 1. The Morgan fingerprint density at radius 3 is 2.14 bits per heavy atom. The Bertz CT molecular complexity index is 1330. The number of aryl methyl sites for hydroxylation is 1. The molecular weight excluding hydrogens is 466 g/mol. The van der Waals surface area contributed by atoms with Crippen LogP contribution in [0, 0.1) is 6.92 Å². The lowest BCUT2D eigenvalue weighted by molar-refractivity contribution is 0.0546. The van der Waals surface area contributed by atoms with E-state index in [0.717, 1.165) is 34.0 Å². The van der Waals surface area contributed by atoms with Crippen LogP contribution in [0.5, 0.6) is 0 Å². The maximum absolute atomic E-state index is 12.6. The predicted octanol–water partition coefficient (Wildman–Crippen LogP) is 6.61. The molecule has 0 N–H and O–H groups in total. The fourth-order valence-corrected chi connectivity index (χ4v) is 4.67. The van der Waals surface area contributed by atoms with Gasteiger partial charge in [-0.3, -0.25) is 0 Å². The second-order valence-electron chi connectivity index (χ2n) is 10.0. The standard InChI is InChI=1S/C29H33N3O3Si/c1-21-18-25-24(19-26(29(33)34-2)32(25)20-35-16-17-36(3,4)5)30-28(21)31-27(22-12-8-6-9-13-22)23-14-10-7-11-15-23/h6-15,18-19H,16-17,20H2,1-5H3. The van der Waals surface area contributed by atoms with E-state index in [1.165, 1.54) is 7.11 Å². The van der Waals surface area contributed by atoms with Crippen LogP contribution in [0.2, 0.25) is 25.7 Å². The number of nitrogens with zero attached hydrogens (tertiary/aromatic N) is 3. The lowest BCUT2D eigenvalue weighted by Gasteiger charge is -2.16. The monoisotopic (exact) mass is 499 g/mol. The highest BCUT2D eigenvalue weighted by Gasteiger charge is 2.20. The Hall–Kier alpha value is -3.55. The van der Waals surface area contributed by atoms with Crippen molar-refractivity contribution in [3.8, 4) is 0 Å². The molecule has 0 aliphatic rings. The second-order valence-corrected chi connectivity index (χ2v) is 15.6. The van der Waals surface area contributed by atoms with Crippen molar-refractivity contribution in [1.29, 1.82) is 0 Å². The summed E-state index contributed by atoms with van der Waals surface area (Å²) in [6, 6.07) is 25.0. The van der Waals surface area contributed by atoms with Crippen molar-refractivity contribution in [2.24, 2.45) is 4.99 Å². The maximum Gasteiger partial charge on any atom is 0.354 e. The number of ether oxygens (including phenoxy) is 2. The summed E-state index contributed by atoms with van der Waals surface area (Å²) >= 11 is 0. The number of aromatic nitrogens is 2. The molecular formula is C29H33N3O3Si. The molecule has 7 heteroatoms. The Balaban J connectivity index is 1.77. The molecule has 0 saturated carbocycles. The molecule has 0 fully saturated rings. The van der Waals surface area contributed by atoms with Crippen LogP contribution in [0.1, 0.15) is 27.2 Å². The molecule has 0 saturated heterocycles. The molecule has 4 aromatic rings. The highest BCUT2D eigenvalue weighted by molar-refractivity contribution is 6.76. The van der Waals surface area contributed by atoms with Crippen molar-refractivity contribution in [2.75, 3.05) is 13.7 Å². The first-order valence-electron chi connectivity index (χ1n) is 12.1. The van der Waals surface area contributed by atoms with Gasteiger partial charge >= 0.3 is 5.97 Å². The SMILES string of the molecule is COC(=O)c1cc2nc(N=C(c3ccccc3)c3ccccc3)c(C)cc2n1COCC[Si](C)(C)C. The van der Waals surface area contributed by atoms with Crippen LogP contribution in [-0.4, -0.2) is 43.0 Å². The van der Waals surface area contributed by atoms with Crippen LogP contribution in [-0.2, 0) is 16.2 Å². The zero-order chi connectivity index (χ0) is 25.7. The highest BCUT2D eigenvalue weighted by Crippen LogP contribution is 2.27. The van der Waals surface area contributed by atoms with Gasteiger partial charge in [0.2, 0.25) is 0 Å². The summed E-state index contributed by atoms with van der Waals surface area (Å²) < 4.78 is 12.9. The first-order valence-corrected chi connectivity index (χ1v) is 15.8. The van der Waals surface area contributed by atoms with Crippen LogP contribution in [0.25, 0.3) is 11.0 Å². The molecule has 0 unspecified atom stereocenters. The number of esters is 1. The fraction of sp³-hybridized carbons (Fsp3) is 0.276. The number of pyridine rings is 1. The minimum Gasteiger partial charge on any atom is -0.464 e. The van der Waals surface area contributed by atoms with Gasteiger partial charge in [0, 0.05) is 25.8 Å². The van der Waals surface area contributed by atoms with E-state index >= 15 is 0 Å². The number of fused-ring (bicyclic) bond motifs is 1. The minimum absolute atomic E-state index is 0.265. The molecule has 0 spiro atoms. The van der Waals surface area contributed by atoms with E-state index in [1.54, 1.807) is 6.07 Å². The van der Waals surface area contributed by atoms with Crippen molar-refractivity contribution in [3.05, 3.63) is 95.2 Å². The number of benzene rings is 2. The molecule has 186 valence electrons. The summed E-state index contributed by atoms with van der Waals surface area (Å²) in [4.78, 5) is 22.4. The Morgan fingerprint density at radius 1 is 0.972 bits per heavy atom. The first kappa shape index (κ1) is 25.5. The lowest BCUT2D eigenvalue weighted by atomic mass is 10.0. The molecule has 0 aliphatic heterocycles. The number of hydrogen-bond donors (Lipinski definition) is 0. The van der Waals surface area contributed by atoms with E-state index in [1.807, 2.05) is 78.2 Å². The average molecular weight is 500 g/mol. The predicted molar refractivity (Wildman–Crippen MR) is 148 cm³/mol. The summed E-state index contributed by atoms with van der Waals surface area (Å²) in [6.45, 7) is 9.85. The molecule has 36 heavy (non-hydrogen) atoms. The van der Waals surface area contributed by atoms with Crippen LogP contribution >= 0.6 is 0 Å². The van der Waals surface area contributed by atoms with Gasteiger partial charge in [0.15, 0.2) is 5.82 Å². The fourth-order valence-electron chi connectivity index (χ4n) is 3.92. The maximum atomic E-state index is 12.6. The van der Waals surface area contributed by atoms with E-state index in [4.69, 9.17) is 19.5 Å². The molecule has 2 aromatic heterocycles. The van der Waals surface area contributed by atoms with Gasteiger partial charge in [0.25, 0.3) is 0 Å². The average Bonchev–Trinajstić information content (AvgIpc) is 3.22. The zero-order valence-electron chi connectivity index (χ0n) is 21.6. The number of carbonyl (C=O) groups is 1. The molecule has 2 aromatic carbocycles. The van der Waals surface area contributed by atoms with Crippen LogP contribution < -0.4 is 0 Å². The second kappa shape index (κ2) is 11.0. The van der Waals surface area contributed by atoms with Gasteiger partial charge in [-0.25, -0.2) is 14.8 Å². The highest BCUT2D eigenvalue weighted by atomic mass is 28.3. The number of rotatable bonds is 9. The summed E-state index contributed by atoms with van der Waals surface area (Å²) in [5.41, 5.74) is 5.68. The van der Waals surface area contributed by atoms with Crippen LogP contribution in [0.4, 0.5) is 5.82 Å². The van der Waals surface area contributed by atoms with E-state index in [2.05, 4.69) is 19.6 Å². The summed E-state index contributed by atoms with van der Waals surface area (Å²) in [7, 11) is 0.169. The van der Waals surface area contributed by atoms with Gasteiger partial charge in [-0.05, 0) is 30.7 Å². The van der Waals surface area contributed by atoms with Crippen molar-refractivity contribution in [2.45, 2.75) is 39.3 Å². The van der Waals surface area contributed by atoms with E-state index in [-0.39, 0.29) is 6.73 Å². The topological polar surface area (TPSA) is 65.7 Å². The van der Waals surface area contributed by atoms with Crippen molar-refractivity contribution >= 4 is 36.6 Å². The zero-order valence-corrected chi connectivity index (χ0v) is 22.6. The van der Waals surface area contributed by atoms with Gasteiger partial charge in [0.05, 0.1) is 23.9 Å². The molecule has 2 heterocycles. The summed E-state index contributed by atoms with van der Waals surface area (Å²) in [5.74, 6) is 0.192. The van der Waals surface area contributed by atoms with Gasteiger partial charge in [0.1, 0.15) is 12.4 Å². The third kappa shape index (κ3) is 5.98. The number of carbonyl (C=O) groups excluding carboxylic acids is 1. The molecule has 0 aliphatic carbocycles.